The van der Waals surface area contributed by atoms with E-state index in [1.165, 1.54) is 4.88 Å². The molecule has 0 radical (unpaired) electrons. The molecule has 1 aromatic rings. The molecule has 7 heteroatoms. The van der Waals surface area contributed by atoms with Crippen molar-refractivity contribution in [2.24, 2.45) is 0 Å². The van der Waals surface area contributed by atoms with Gasteiger partial charge in [0.2, 0.25) is 0 Å². The summed E-state index contributed by atoms with van der Waals surface area (Å²) in [7, 11) is -3.36. The summed E-state index contributed by atoms with van der Waals surface area (Å²) < 4.78 is 33.8. The number of hydrogen-bond donors (Lipinski definition) is 0. The second kappa shape index (κ2) is 5.14. The summed E-state index contributed by atoms with van der Waals surface area (Å²) in [5, 5.41) is 2.05. The third-order valence-corrected chi connectivity index (χ3v) is 6.92. The van der Waals surface area contributed by atoms with Gasteiger partial charge >= 0.3 is 0 Å². The van der Waals surface area contributed by atoms with Gasteiger partial charge in [0.05, 0.1) is 13.2 Å². The molecular formula is C12H18N2O3S2. The van der Waals surface area contributed by atoms with Crippen molar-refractivity contribution in [1.82, 2.24) is 8.61 Å². The molecule has 3 heterocycles. The Morgan fingerprint density at radius 2 is 2.05 bits per heavy atom. The van der Waals surface area contributed by atoms with Crippen LogP contribution >= 0.6 is 11.3 Å². The number of ether oxygens (including phenoxy) is 1. The lowest BCUT2D eigenvalue weighted by Crippen LogP contribution is -2.50. The second-order valence-electron chi connectivity index (χ2n) is 4.86. The monoisotopic (exact) mass is 302 g/mol. The van der Waals surface area contributed by atoms with Gasteiger partial charge < -0.3 is 4.74 Å². The van der Waals surface area contributed by atoms with Gasteiger partial charge in [-0.2, -0.15) is 17.0 Å². The lowest BCUT2D eigenvalue weighted by molar-refractivity contribution is 0.0691. The van der Waals surface area contributed by atoms with Crippen molar-refractivity contribution in [1.29, 1.82) is 0 Å². The highest BCUT2D eigenvalue weighted by molar-refractivity contribution is 7.86. The van der Waals surface area contributed by atoms with E-state index in [-0.39, 0.29) is 6.04 Å². The van der Waals surface area contributed by atoms with Gasteiger partial charge in [-0.25, -0.2) is 0 Å². The summed E-state index contributed by atoms with van der Waals surface area (Å²) in [6, 6.07) is 1.98. The van der Waals surface area contributed by atoms with Gasteiger partial charge in [0.1, 0.15) is 0 Å². The van der Waals surface area contributed by atoms with Crippen LogP contribution < -0.4 is 0 Å². The maximum atomic E-state index is 12.7. The van der Waals surface area contributed by atoms with Crippen molar-refractivity contribution in [3.63, 3.8) is 0 Å². The molecule has 0 spiro atoms. The molecule has 0 N–H and O–H groups in total. The Morgan fingerprint density at radius 1 is 1.32 bits per heavy atom. The van der Waals surface area contributed by atoms with E-state index < -0.39 is 10.2 Å². The van der Waals surface area contributed by atoms with Crippen molar-refractivity contribution in [3.8, 4) is 0 Å². The fourth-order valence-corrected chi connectivity index (χ4v) is 5.43. The van der Waals surface area contributed by atoms with E-state index in [9.17, 15) is 8.42 Å². The van der Waals surface area contributed by atoms with Crippen molar-refractivity contribution in [2.75, 3.05) is 32.8 Å². The average Bonchev–Trinajstić information content (AvgIpc) is 2.89. The first-order valence-electron chi connectivity index (χ1n) is 6.51. The number of thiophene rings is 1. The Morgan fingerprint density at radius 3 is 2.79 bits per heavy atom. The van der Waals surface area contributed by atoms with Gasteiger partial charge in [0.15, 0.2) is 0 Å². The van der Waals surface area contributed by atoms with Crippen LogP contribution in [0.2, 0.25) is 0 Å². The molecule has 19 heavy (non-hydrogen) atoms. The Hall–Kier alpha value is -0.470. The molecule has 0 aromatic carbocycles. The smallest absolute Gasteiger partial charge is 0.282 e. The van der Waals surface area contributed by atoms with Crippen molar-refractivity contribution in [3.05, 3.63) is 21.9 Å². The number of nitrogens with zero attached hydrogens (tertiary/aromatic N) is 2. The SMILES string of the molecule is C[C@@H]1c2ccsc2CCN1S(=O)(=O)N1CCOCC1. The molecule has 1 fully saturated rings. The summed E-state index contributed by atoms with van der Waals surface area (Å²) in [6.07, 6.45) is 0.820. The average molecular weight is 302 g/mol. The van der Waals surface area contributed by atoms with Gasteiger partial charge in [-0.05, 0) is 30.4 Å². The van der Waals surface area contributed by atoms with Crippen LogP contribution in [0.5, 0.6) is 0 Å². The number of hydrogen-bond acceptors (Lipinski definition) is 4. The van der Waals surface area contributed by atoms with Crippen LogP contribution in [0, 0.1) is 0 Å². The first-order chi connectivity index (χ1) is 9.10. The normalized spacial score (nSPS) is 26.3. The van der Waals surface area contributed by atoms with E-state index in [1.807, 2.05) is 18.4 Å². The molecule has 0 aliphatic carbocycles. The van der Waals surface area contributed by atoms with Gasteiger partial charge in [0, 0.05) is 30.6 Å². The lowest BCUT2D eigenvalue weighted by atomic mass is 10.0. The molecule has 0 amide bonds. The first-order valence-corrected chi connectivity index (χ1v) is 8.79. The Bertz CT molecular complexity index is 549. The van der Waals surface area contributed by atoms with E-state index >= 15 is 0 Å². The number of morpholine rings is 1. The van der Waals surface area contributed by atoms with Crippen LogP contribution in [0.3, 0.4) is 0 Å². The van der Waals surface area contributed by atoms with Crippen molar-refractivity contribution >= 4 is 21.5 Å². The zero-order chi connectivity index (χ0) is 13.5. The fourth-order valence-electron chi connectivity index (χ4n) is 2.73. The molecule has 1 atom stereocenters. The van der Waals surface area contributed by atoms with Crippen LogP contribution in [0.15, 0.2) is 11.4 Å². The molecule has 5 nitrogen and oxygen atoms in total. The molecule has 0 saturated carbocycles. The zero-order valence-corrected chi connectivity index (χ0v) is 12.5. The molecule has 2 aliphatic rings. The standard InChI is InChI=1S/C12H18N2O3S2/c1-10-11-3-9-18-12(11)2-4-14(10)19(15,16)13-5-7-17-8-6-13/h3,9-10H,2,4-8H2,1H3/t10-/m1/s1. The van der Waals surface area contributed by atoms with E-state index in [1.54, 1.807) is 19.9 Å². The maximum Gasteiger partial charge on any atom is 0.282 e. The lowest BCUT2D eigenvalue weighted by Gasteiger charge is -2.37. The fraction of sp³-hybridized carbons (Fsp3) is 0.667. The van der Waals surface area contributed by atoms with Crippen LogP contribution in [-0.2, 0) is 21.4 Å². The van der Waals surface area contributed by atoms with Crippen LogP contribution in [-0.4, -0.2) is 49.9 Å². The molecular weight excluding hydrogens is 284 g/mol. The Balaban J connectivity index is 1.86. The van der Waals surface area contributed by atoms with Crippen LogP contribution in [0.1, 0.15) is 23.4 Å². The van der Waals surface area contributed by atoms with Gasteiger partial charge in [0.25, 0.3) is 10.2 Å². The number of rotatable bonds is 2. The summed E-state index contributed by atoms with van der Waals surface area (Å²) >= 11 is 1.72. The zero-order valence-electron chi connectivity index (χ0n) is 10.9. The third-order valence-electron chi connectivity index (χ3n) is 3.81. The van der Waals surface area contributed by atoms with Crippen LogP contribution in [0.25, 0.3) is 0 Å². The minimum atomic E-state index is -3.36. The minimum Gasteiger partial charge on any atom is -0.379 e. The summed E-state index contributed by atoms with van der Waals surface area (Å²) in [5.74, 6) is 0. The van der Waals surface area contributed by atoms with E-state index in [2.05, 4.69) is 0 Å². The Labute approximate surface area is 118 Å². The highest BCUT2D eigenvalue weighted by atomic mass is 32.2. The quantitative estimate of drug-likeness (QED) is 0.826. The highest BCUT2D eigenvalue weighted by Crippen LogP contribution is 2.35. The van der Waals surface area contributed by atoms with Gasteiger partial charge in [-0.3, -0.25) is 0 Å². The molecule has 3 rings (SSSR count). The van der Waals surface area contributed by atoms with E-state index in [0.29, 0.717) is 32.8 Å². The van der Waals surface area contributed by atoms with E-state index in [4.69, 9.17) is 4.74 Å². The molecule has 1 aromatic heterocycles. The van der Waals surface area contributed by atoms with Crippen molar-refractivity contribution < 1.29 is 13.2 Å². The summed E-state index contributed by atoms with van der Waals surface area (Å²) in [6.45, 7) is 4.46. The van der Waals surface area contributed by atoms with Gasteiger partial charge in [-0.15, -0.1) is 11.3 Å². The highest BCUT2D eigenvalue weighted by Gasteiger charge is 2.37. The predicted octanol–water partition coefficient (Wildman–Crippen LogP) is 1.24. The molecule has 2 aliphatic heterocycles. The summed E-state index contributed by atoms with van der Waals surface area (Å²) in [4.78, 5) is 1.32. The van der Waals surface area contributed by atoms with Crippen LogP contribution in [0.4, 0.5) is 0 Å². The molecule has 0 unspecified atom stereocenters. The summed E-state index contributed by atoms with van der Waals surface area (Å²) in [5.41, 5.74) is 1.16. The largest absolute Gasteiger partial charge is 0.379 e. The predicted molar refractivity (Wildman–Crippen MR) is 74.5 cm³/mol. The van der Waals surface area contributed by atoms with E-state index in [0.717, 1.165) is 12.0 Å². The topological polar surface area (TPSA) is 49.9 Å². The van der Waals surface area contributed by atoms with Gasteiger partial charge in [-0.1, -0.05) is 0 Å². The number of fused-ring (bicyclic) bond motifs is 1. The second-order valence-corrected chi connectivity index (χ2v) is 7.74. The van der Waals surface area contributed by atoms with Crippen molar-refractivity contribution in [2.45, 2.75) is 19.4 Å². The molecule has 1 saturated heterocycles. The minimum absolute atomic E-state index is 0.0668. The molecule has 0 bridgehead atoms. The Kier molecular flexibility index (Phi) is 3.65. The third kappa shape index (κ3) is 2.34. The maximum absolute atomic E-state index is 12.7. The first kappa shape index (κ1) is 13.5. The molecule has 106 valence electrons.